The Kier molecular flexibility index (Phi) is 3.35. The monoisotopic (exact) mass is 314 g/mol. The van der Waals surface area contributed by atoms with E-state index in [0.717, 1.165) is 10.8 Å². The number of hydrogen-bond acceptors (Lipinski definition) is 3. The van der Waals surface area contributed by atoms with Gasteiger partial charge in [0.15, 0.2) is 0 Å². The molecule has 4 aromatic rings. The van der Waals surface area contributed by atoms with E-state index in [1.54, 1.807) is 6.07 Å². The van der Waals surface area contributed by atoms with E-state index in [1.807, 2.05) is 60.7 Å². The first kappa shape index (κ1) is 14.2. The molecule has 3 aromatic carbocycles. The van der Waals surface area contributed by atoms with Gasteiger partial charge in [-0.25, -0.2) is 4.98 Å². The first-order valence-electron chi connectivity index (χ1n) is 7.60. The molecule has 0 aliphatic rings. The zero-order chi connectivity index (χ0) is 16.5. The molecule has 0 amide bonds. The van der Waals surface area contributed by atoms with Gasteiger partial charge in [-0.15, -0.1) is 0 Å². The third-order valence-corrected chi connectivity index (χ3v) is 3.94. The smallest absolute Gasteiger partial charge is 0.274 e. The minimum Gasteiger partial charge on any atom is -0.507 e. The average molecular weight is 314 g/mol. The number of benzene rings is 3. The Labute approximate surface area is 137 Å². The summed E-state index contributed by atoms with van der Waals surface area (Å²) in [6.45, 7) is 0. The van der Waals surface area contributed by atoms with E-state index in [2.05, 4.69) is 9.97 Å². The van der Waals surface area contributed by atoms with Gasteiger partial charge in [0, 0.05) is 11.6 Å². The molecule has 4 rings (SSSR count). The quantitative estimate of drug-likeness (QED) is 0.547. The van der Waals surface area contributed by atoms with Gasteiger partial charge in [0.1, 0.15) is 11.5 Å². The molecule has 2 N–H and O–H groups in total. The third-order valence-electron chi connectivity index (χ3n) is 3.94. The number of para-hydroxylation sites is 2. The summed E-state index contributed by atoms with van der Waals surface area (Å²) in [6.07, 6.45) is 1.40. The fraction of sp³-hybridized carbons (Fsp3) is 0. The van der Waals surface area contributed by atoms with E-state index >= 15 is 0 Å². The summed E-state index contributed by atoms with van der Waals surface area (Å²) in [7, 11) is 0. The van der Waals surface area contributed by atoms with Crippen LogP contribution >= 0.6 is 0 Å². The van der Waals surface area contributed by atoms with Crippen LogP contribution in [-0.4, -0.2) is 15.1 Å². The van der Waals surface area contributed by atoms with Crippen molar-refractivity contribution in [2.75, 3.05) is 0 Å². The molecule has 1 aromatic heterocycles. The van der Waals surface area contributed by atoms with Crippen molar-refractivity contribution < 1.29 is 5.11 Å². The van der Waals surface area contributed by atoms with E-state index in [0.29, 0.717) is 16.6 Å². The zero-order valence-corrected chi connectivity index (χ0v) is 12.7. The van der Waals surface area contributed by atoms with Crippen molar-refractivity contribution in [3.63, 3.8) is 0 Å². The molecule has 0 radical (unpaired) electrons. The van der Waals surface area contributed by atoms with Gasteiger partial charge < -0.3 is 10.1 Å². The summed E-state index contributed by atoms with van der Waals surface area (Å²) < 4.78 is 0. The standard InChI is InChI=1S/C20H14N2O2/c23-19(15-10-9-13-5-1-2-6-14(13)11-15)12-18-20(24)22-17-8-4-3-7-16(17)21-18/h1-12,23H,(H,22,24)/b19-12+. The van der Waals surface area contributed by atoms with Crippen molar-refractivity contribution >= 4 is 33.6 Å². The topological polar surface area (TPSA) is 66.0 Å². The summed E-state index contributed by atoms with van der Waals surface area (Å²) in [4.78, 5) is 19.2. The van der Waals surface area contributed by atoms with Gasteiger partial charge in [0.25, 0.3) is 5.56 Å². The van der Waals surface area contributed by atoms with E-state index < -0.39 is 0 Å². The molecule has 0 bridgehead atoms. The first-order chi connectivity index (χ1) is 11.7. The number of H-pyrrole nitrogens is 1. The highest BCUT2D eigenvalue weighted by Gasteiger charge is 2.06. The fourth-order valence-electron chi connectivity index (χ4n) is 2.70. The third kappa shape index (κ3) is 2.54. The van der Waals surface area contributed by atoms with Gasteiger partial charge in [-0.2, -0.15) is 0 Å². The molecule has 116 valence electrons. The highest BCUT2D eigenvalue weighted by Crippen LogP contribution is 2.21. The number of rotatable bonds is 2. The van der Waals surface area contributed by atoms with E-state index in [1.165, 1.54) is 6.08 Å². The number of fused-ring (bicyclic) bond motifs is 2. The number of hydrogen-bond donors (Lipinski definition) is 2. The van der Waals surface area contributed by atoms with Gasteiger partial charge in [-0.05, 0) is 29.0 Å². The van der Waals surface area contributed by atoms with Crippen LogP contribution in [0.4, 0.5) is 0 Å². The van der Waals surface area contributed by atoms with Crippen molar-refractivity contribution in [3.8, 4) is 0 Å². The van der Waals surface area contributed by atoms with E-state index in [-0.39, 0.29) is 17.0 Å². The lowest BCUT2D eigenvalue weighted by molar-refractivity contribution is 0.515. The highest BCUT2D eigenvalue weighted by molar-refractivity contribution is 5.87. The molecule has 0 aliphatic carbocycles. The molecule has 4 heteroatoms. The van der Waals surface area contributed by atoms with E-state index in [4.69, 9.17) is 0 Å². The Bertz CT molecular complexity index is 1140. The van der Waals surface area contributed by atoms with Gasteiger partial charge in [0.05, 0.1) is 11.0 Å². The van der Waals surface area contributed by atoms with Crippen LogP contribution < -0.4 is 5.56 Å². The number of aliphatic hydroxyl groups is 1. The Morgan fingerprint density at radius 1 is 0.958 bits per heavy atom. The lowest BCUT2D eigenvalue weighted by Gasteiger charge is -2.04. The Balaban J connectivity index is 1.81. The van der Waals surface area contributed by atoms with Crippen LogP contribution in [0.25, 0.3) is 33.6 Å². The van der Waals surface area contributed by atoms with Gasteiger partial charge in [-0.3, -0.25) is 4.79 Å². The number of nitrogens with one attached hydrogen (secondary N) is 1. The molecular formula is C20H14N2O2. The van der Waals surface area contributed by atoms with Crippen LogP contribution in [0.3, 0.4) is 0 Å². The van der Waals surface area contributed by atoms with Gasteiger partial charge in [0.2, 0.25) is 0 Å². The highest BCUT2D eigenvalue weighted by atomic mass is 16.3. The maximum atomic E-state index is 12.1. The molecule has 0 fully saturated rings. The summed E-state index contributed by atoms with van der Waals surface area (Å²) in [5.74, 6) is 0.00836. The molecule has 1 heterocycles. The Morgan fingerprint density at radius 3 is 2.58 bits per heavy atom. The second-order valence-electron chi connectivity index (χ2n) is 5.56. The van der Waals surface area contributed by atoms with Crippen molar-refractivity contribution in [1.29, 1.82) is 0 Å². The molecule has 0 saturated heterocycles. The molecule has 4 nitrogen and oxygen atoms in total. The van der Waals surface area contributed by atoms with Crippen LogP contribution in [-0.2, 0) is 0 Å². The molecular weight excluding hydrogens is 300 g/mol. The predicted octanol–water partition coefficient (Wildman–Crippen LogP) is 4.13. The van der Waals surface area contributed by atoms with Crippen LogP contribution in [0.2, 0.25) is 0 Å². The number of nitrogens with zero attached hydrogens (tertiary/aromatic N) is 1. The number of aliphatic hydroxyl groups excluding tert-OH is 1. The molecule has 0 saturated carbocycles. The largest absolute Gasteiger partial charge is 0.507 e. The summed E-state index contributed by atoms with van der Waals surface area (Å²) in [5, 5.41) is 12.5. The normalized spacial score (nSPS) is 11.9. The van der Waals surface area contributed by atoms with Gasteiger partial charge in [-0.1, -0.05) is 48.5 Å². The Hall–Kier alpha value is -3.40. The summed E-state index contributed by atoms with van der Waals surface area (Å²) in [5.41, 5.74) is 1.84. The van der Waals surface area contributed by atoms with Crippen LogP contribution in [0.1, 0.15) is 11.3 Å². The molecule has 0 aliphatic heterocycles. The lowest BCUT2D eigenvalue weighted by Crippen LogP contribution is -2.12. The van der Waals surface area contributed by atoms with Crippen molar-refractivity contribution in [1.82, 2.24) is 9.97 Å². The lowest BCUT2D eigenvalue weighted by atomic mass is 10.1. The molecule has 24 heavy (non-hydrogen) atoms. The predicted molar refractivity (Wildman–Crippen MR) is 96.8 cm³/mol. The second-order valence-corrected chi connectivity index (χ2v) is 5.56. The second kappa shape index (κ2) is 5.66. The van der Waals surface area contributed by atoms with Crippen LogP contribution in [0.15, 0.2) is 71.5 Å². The van der Waals surface area contributed by atoms with Crippen molar-refractivity contribution in [2.45, 2.75) is 0 Å². The summed E-state index contributed by atoms with van der Waals surface area (Å²) >= 11 is 0. The fourth-order valence-corrected chi connectivity index (χ4v) is 2.70. The van der Waals surface area contributed by atoms with E-state index in [9.17, 15) is 9.90 Å². The SMILES string of the molecule is O=c1[nH]c2ccccc2nc1/C=C(/O)c1ccc2ccccc2c1. The minimum absolute atomic E-state index is 0.00836. The first-order valence-corrected chi connectivity index (χ1v) is 7.60. The minimum atomic E-state index is -0.332. The Morgan fingerprint density at radius 2 is 1.71 bits per heavy atom. The van der Waals surface area contributed by atoms with Crippen LogP contribution in [0.5, 0.6) is 0 Å². The van der Waals surface area contributed by atoms with Crippen LogP contribution in [0, 0.1) is 0 Å². The zero-order valence-electron chi connectivity index (χ0n) is 12.7. The molecule has 0 spiro atoms. The molecule has 0 atom stereocenters. The summed E-state index contributed by atoms with van der Waals surface area (Å²) in [6, 6.07) is 20.8. The van der Waals surface area contributed by atoms with Gasteiger partial charge >= 0.3 is 0 Å². The number of aromatic nitrogens is 2. The maximum Gasteiger partial charge on any atom is 0.274 e. The maximum absolute atomic E-state index is 12.1. The van der Waals surface area contributed by atoms with Crippen molar-refractivity contribution in [3.05, 3.63) is 88.3 Å². The number of aromatic amines is 1. The van der Waals surface area contributed by atoms with Crippen molar-refractivity contribution in [2.24, 2.45) is 0 Å². The molecule has 0 unspecified atom stereocenters. The average Bonchev–Trinajstić information content (AvgIpc) is 2.62.